The van der Waals surface area contributed by atoms with Gasteiger partial charge < -0.3 is 16.0 Å². The van der Waals surface area contributed by atoms with Gasteiger partial charge in [-0.25, -0.2) is 9.97 Å². The Balaban J connectivity index is 1.53. The van der Waals surface area contributed by atoms with Crippen LogP contribution >= 0.6 is 0 Å². The number of likely N-dealkylation sites (tertiary alicyclic amines) is 1. The summed E-state index contributed by atoms with van der Waals surface area (Å²) in [6, 6.07) is 9.01. The van der Waals surface area contributed by atoms with Crippen molar-refractivity contribution in [3.8, 4) is 11.4 Å². The molecule has 0 unspecified atom stereocenters. The molecule has 26 heavy (non-hydrogen) atoms. The fraction of sp³-hybridized carbons (Fsp3) is 0.368. The van der Waals surface area contributed by atoms with E-state index >= 15 is 0 Å². The van der Waals surface area contributed by atoms with Crippen molar-refractivity contribution in [2.75, 3.05) is 26.2 Å². The van der Waals surface area contributed by atoms with Gasteiger partial charge >= 0.3 is 0 Å². The number of hydrogen-bond donors (Lipinski definition) is 2. The Morgan fingerprint density at radius 2 is 2.04 bits per heavy atom. The molecule has 136 valence electrons. The molecular weight excluding hydrogens is 330 g/mol. The average Bonchev–Trinajstić information content (AvgIpc) is 2.69. The van der Waals surface area contributed by atoms with Crippen LogP contribution in [0.15, 0.2) is 42.7 Å². The zero-order chi connectivity index (χ0) is 18.4. The van der Waals surface area contributed by atoms with Crippen LogP contribution in [0.25, 0.3) is 11.4 Å². The van der Waals surface area contributed by atoms with Crippen molar-refractivity contribution >= 4 is 11.8 Å². The van der Waals surface area contributed by atoms with Crippen molar-refractivity contribution in [3.05, 3.63) is 48.3 Å². The summed E-state index contributed by atoms with van der Waals surface area (Å²) in [4.78, 5) is 34.3. The van der Waals surface area contributed by atoms with Crippen LogP contribution in [0.3, 0.4) is 0 Å². The molecule has 1 saturated heterocycles. The number of amides is 2. The second-order valence-corrected chi connectivity index (χ2v) is 6.45. The van der Waals surface area contributed by atoms with Gasteiger partial charge in [0.25, 0.3) is 5.91 Å². The van der Waals surface area contributed by atoms with Gasteiger partial charge in [0.2, 0.25) is 5.91 Å². The van der Waals surface area contributed by atoms with Crippen LogP contribution < -0.4 is 11.1 Å². The number of nitrogens with two attached hydrogens (primary N) is 1. The van der Waals surface area contributed by atoms with Crippen molar-refractivity contribution in [3.63, 3.8) is 0 Å². The fourth-order valence-electron chi connectivity index (χ4n) is 3.17. The van der Waals surface area contributed by atoms with Crippen molar-refractivity contribution in [2.24, 2.45) is 11.7 Å². The molecule has 2 heterocycles. The predicted octanol–water partition coefficient (Wildman–Crippen LogP) is 1.07. The van der Waals surface area contributed by atoms with Crippen molar-refractivity contribution in [1.29, 1.82) is 0 Å². The van der Waals surface area contributed by atoms with E-state index in [1.807, 2.05) is 12.1 Å². The summed E-state index contributed by atoms with van der Waals surface area (Å²) in [6.45, 7) is 2.83. The van der Waals surface area contributed by atoms with Crippen LogP contribution in [0.1, 0.15) is 23.2 Å². The van der Waals surface area contributed by atoms with E-state index in [4.69, 9.17) is 5.73 Å². The number of primary amides is 1. The molecule has 0 spiro atoms. The maximum Gasteiger partial charge on any atom is 0.251 e. The van der Waals surface area contributed by atoms with E-state index in [2.05, 4.69) is 20.2 Å². The van der Waals surface area contributed by atoms with Crippen LogP contribution in [0.5, 0.6) is 0 Å². The quantitative estimate of drug-likeness (QED) is 0.809. The van der Waals surface area contributed by atoms with E-state index < -0.39 is 0 Å². The molecule has 3 N–H and O–H groups in total. The van der Waals surface area contributed by atoms with Gasteiger partial charge in [-0.1, -0.05) is 12.1 Å². The summed E-state index contributed by atoms with van der Waals surface area (Å²) in [6.07, 6.45) is 5.16. The first-order valence-corrected chi connectivity index (χ1v) is 8.81. The summed E-state index contributed by atoms with van der Waals surface area (Å²) < 4.78 is 0. The third kappa shape index (κ3) is 4.64. The second-order valence-electron chi connectivity index (χ2n) is 6.45. The van der Waals surface area contributed by atoms with Crippen LogP contribution in [0, 0.1) is 5.92 Å². The van der Waals surface area contributed by atoms with Gasteiger partial charge in [0.1, 0.15) is 0 Å². The molecule has 0 bridgehead atoms. The number of nitrogens with one attached hydrogen (secondary N) is 1. The molecule has 2 aromatic rings. The van der Waals surface area contributed by atoms with Crippen molar-refractivity contribution in [2.45, 2.75) is 12.8 Å². The summed E-state index contributed by atoms with van der Waals surface area (Å²) in [5.74, 6) is 0.139. The average molecular weight is 353 g/mol. The van der Waals surface area contributed by atoms with E-state index in [1.54, 1.807) is 30.6 Å². The lowest BCUT2D eigenvalue weighted by molar-refractivity contribution is -0.123. The van der Waals surface area contributed by atoms with Gasteiger partial charge in [0, 0.05) is 43.2 Å². The minimum absolute atomic E-state index is 0.0815. The molecule has 1 aliphatic heterocycles. The van der Waals surface area contributed by atoms with Gasteiger partial charge in [-0.15, -0.1) is 0 Å². The number of carbonyl (C=O) groups excluding carboxylic acids is 2. The number of benzene rings is 1. The molecule has 3 rings (SSSR count). The van der Waals surface area contributed by atoms with Crippen molar-refractivity contribution in [1.82, 2.24) is 20.2 Å². The Morgan fingerprint density at radius 3 is 2.81 bits per heavy atom. The molecule has 1 aromatic heterocycles. The first-order valence-electron chi connectivity index (χ1n) is 8.81. The topological polar surface area (TPSA) is 101 Å². The Hall–Kier alpha value is -2.80. The van der Waals surface area contributed by atoms with Gasteiger partial charge in [0.05, 0.1) is 5.92 Å². The minimum Gasteiger partial charge on any atom is -0.369 e. The van der Waals surface area contributed by atoms with Crippen LogP contribution in [0.2, 0.25) is 0 Å². The lowest BCUT2D eigenvalue weighted by atomic mass is 9.97. The highest BCUT2D eigenvalue weighted by Crippen LogP contribution is 2.16. The number of rotatable bonds is 6. The number of carbonyl (C=O) groups is 2. The molecule has 1 atom stereocenters. The molecule has 2 amide bonds. The molecule has 7 heteroatoms. The highest BCUT2D eigenvalue weighted by molar-refractivity contribution is 5.95. The van der Waals surface area contributed by atoms with Crippen molar-refractivity contribution < 1.29 is 9.59 Å². The maximum atomic E-state index is 12.4. The SMILES string of the molecule is NC(=O)[C@H]1CCCN(CCNC(=O)c2cccc(-c3ncccn3)c2)C1. The van der Waals surface area contributed by atoms with Crippen LogP contribution in [-0.2, 0) is 4.79 Å². The van der Waals surface area contributed by atoms with Gasteiger partial charge in [-0.05, 0) is 37.6 Å². The molecule has 0 saturated carbocycles. The lowest BCUT2D eigenvalue weighted by Gasteiger charge is -2.31. The second kappa shape index (κ2) is 8.53. The zero-order valence-electron chi connectivity index (χ0n) is 14.6. The third-order valence-electron chi connectivity index (χ3n) is 4.57. The monoisotopic (exact) mass is 353 g/mol. The number of hydrogen-bond acceptors (Lipinski definition) is 5. The van der Waals surface area contributed by atoms with E-state index in [0.717, 1.165) is 24.9 Å². The van der Waals surface area contributed by atoms with Gasteiger partial charge in [-0.3, -0.25) is 9.59 Å². The molecule has 0 radical (unpaired) electrons. The zero-order valence-corrected chi connectivity index (χ0v) is 14.6. The van der Waals surface area contributed by atoms with E-state index in [0.29, 0.717) is 31.0 Å². The summed E-state index contributed by atoms with van der Waals surface area (Å²) in [7, 11) is 0. The number of nitrogens with zero attached hydrogens (tertiary/aromatic N) is 3. The summed E-state index contributed by atoms with van der Waals surface area (Å²) >= 11 is 0. The summed E-state index contributed by atoms with van der Waals surface area (Å²) in [5, 5.41) is 2.93. The van der Waals surface area contributed by atoms with E-state index in [9.17, 15) is 9.59 Å². The Kier molecular flexibility index (Phi) is 5.91. The maximum absolute atomic E-state index is 12.4. The standard InChI is InChI=1S/C19H23N5O2/c20-17(25)16-6-2-10-24(13-16)11-9-23-19(26)15-5-1-4-14(12-15)18-21-7-3-8-22-18/h1,3-5,7-8,12,16H,2,6,9-11,13H2,(H2,20,25)(H,23,26)/t16-/m0/s1. The molecule has 0 aliphatic carbocycles. The first-order chi connectivity index (χ1) is 12.6. The van der Waals surface area contributed by atoms with Gasteiger partial charge in [-0.2, -0.15) is 0 Å². The highest BCUT2D eigenvalue weighted by Gasteiger charge is 2.23. The molecule has 1 aliphatic rings. The molecule has 1 fully saturated rings. The third-order valence-corrected chi connectivity index (χ3v) is 4.57. The molecule has 1 aromatic carbocycles. The normalized spacial score (nSPS) is 17.6. The van der Waals surface area contributed by atoms with Crippen LogP contribution in [-0.4, -0.2) is 52.9 Å². The number of piperidine rings is 1. The highest BCUT2D eigenvalue weighted by atomic mass is 16.2. The molecular formula is C19H23N5O2. The van der Waals surface area contributed by atoms with Gasteiger partial charge in [0.15, 0.2) is 5.82 Å². The summed E-state index contributed by atoms with van der Waals surface area (Å²) in [5.41, 5.74) is 6.78. The lowest BCUT2D eigenvalue weighted by Crippen LogP contribution is -2.44. The fourth-order valence-corrected chi connectivity index (χ4v) is 3.17. The molecule has 7 nitrogen and oxygen atoms in total. The first kappa shape index (κ1) is 18.0. The Labute approximate surface area is 152 Å². The Bertz CT molecular complexity index is 766. The van der Waals surface area contributed by atoms with E-state index in [-0.39, 0.29) is 17.7 Å². The smallest absolute Gasteiger partial charge is 0.251 e. The largest absolute Gasteiger partial charge is 0.369 e. The number of aromatic nitrogens is 2. The Morgan fingerprint density at radius 1 is 1.23 bits per heavy atom. The minimum atomic E-state index is -0.237. The van der Waals surface area contributed by atoms with E-state index in [1.165, 1.54) is 0 Å². The predicted molar refractivity (Wildman–Crippen MR) is 98.2 cm³/mol. The van der Waals surface area contributed by atoms with Crippen LogP contribution in [0.4, 0.5) is 0 Å².